The van der Waals surface area contributed by atoms with Crippen molar-refractivity contribution < 1.29 is 19.1 Å². The van der Waals surface area contributed by atoms with Crippen molar-refractivity contribution in [2.45, 2.75) is 13.3 Å². The molecule has 1 aliphatic rings. The fraction of sp³-hybridized carbons (Fsp3) is 0.400. The van der Waals surface area contributed by atoms with Crippen LogP contribution in [0.5, 0.6) is 0 Å². The second kappa shape index (κ2) is 7.56. The SMILES string of the molecule is COCCOC(=O)Nc1ccc(C2=NNC(=O)CC2C)cc1. The number of anilines is 1. The molecule has 0 spiro atoms. The molecule has 7 nitrogen and oxygen atoms in total. The normalized spacial score (nSPS) is 17.5. The predicted octanol–water partition coefficient (Wildman–Crippen LogP) is 1.74. The second-order valence-electron chi connectivity index (χ2n) is 4.97. The molecule has 0 radical (unpaired) electrons. The molecule has 0 aliphatic carbocycles. The summed E-state index contributed by atoms with van der Waals surface area (Å²) in [6.45, 7) is 2.52. The van der Waals surface area contributed by atoms with Crippen molar-refractivity contribution >= 4 is 23.4 Å². The average molecular weight is 305 g/mol. The van der Waals surface area contributed by atoms with Crippen molar-refractivity contribution in [3.05, 3.63) is 29.8 Å². The van der Waals surface area contributed by atoms with Crippen LogP contribution in [-0.2, 0) is 14.3 Å². The average Bonchev–Trinajstić information content (AvgIpc) is 2.49. The summed E-state index contributed by atoms with van der Waals surface area (Å²) in [6, 6.07) is 7.21. The maximum Gasteiger partial charge on any atom is 0.411 e. The molecule has 1 unspecified atom stereocenters. The van der Waals surface area contributed by atoms with Crippen LogP contribution in [0, 0.1) is 5.92 Å². The first kappa shape index (κ1) is 16.0. The molecule has 0 saturated heterocycles. The smallest absolute Gasteiger partial charge is 0.411 e. The lowest BCUT2D eigenvalue weighted by Crippen LogP contribution is -2.31. The molecule has 2 rings (SSSR count). The zero-order valence-corrected chi connectivity index (χ0v) is 12.6. The summed E-state index contributed by atoms with van der Waals surface area (Å²) in [7, 11) is 1.54. The number of benzene rings is 1. The van der Waals surface area contributed by atoms with Crippen molar-refractivity contribution in [3.8, 4) is 0 Å². The summed E-state index contributed by atoms with van der Waals surface area (Å²) >= 11 is 0. The Bertz CT molecular complexity index is 569. The van der Waals surface area contributed by atoms with E-state index in [1.165, 1.54) is 7.11 Å². The number of nitrogens with zero attached hydrogens (tertiary/aromatic N) is 1. The molecule has 1 atom stereocenters. The molecule has 118 valence electrons. The number of carbonyl (C=O) groups excluding carboxylic acids is 2. The van der Waals surface area contributed by atoms with Gasteiger partial charge in [-0.1, -0.05) is 19.1 Å². The molecular weight excluding hydrogens is 286 g/mol. The molecule has 0 aromatic heterocycles. The van der Waals surface area contributed by atoms with Crippen molar-refractivity contribution in [1.82, 2.24) is 5.43 Å². The van der Waals surface area contributed by atoms with E-state index < -0.39 is 6.09 Å². The van der Waals surface area contributed by atoms with Crippen LogP contribution in [0.15, 0.2) is 29.4 Å². The topological polar surface area (TPSA) is 89.0 Å². The van der Waals surface area contributed by atoms with Gasteiger partial charge < -0.3 is 9.47 Å². The summed E-state index contributed by atoms with van der Waals surface area (Å²) < 4.78 is 9.71. The number of rotatable bonds is 5. The van der Waals surface area contributed by atoms with Crippen LogP contribution in [0.25, 0.3) is 0 Å². The van der Waals surface area contributed by atoms with E-state index in [1.807, 2.05) is 19.1 Å². The first-order valence-corrected chi connectivity index (χ1v) is 6.99. The largest absolute Gasteiger partial charge is 0.447 e. The van der Waals surface area contributed by atoms with Crippen LogP contribution in [0.3, 0.4) is 0 Å². The number of hydrogen-bond acceptors (Lipinski definition) is 5. The summed E-state index contributed by atoms with van der Waals surface area (Å²) in [5.74, 6) is -0.0140. The van der Waals surface area contributed by atoms with E-state index in [2.05, 4.69) is 15.8 Å². The number of hydrogen-bond donors (Lipinski definition) is 2. The molecule has 0 fully saturated rings. The molecule has 1 aliphatic heterocycles. The molecule has 0 bridgehead atoms. The van der Waals surface area contributed by atoms with Gasteiger partial charge in [-0.25, -0.2) is 10.2 Å². The minimum atomic E-state index is -0.527. The van der Waals surface area contributed by atoms with Gasteiger partial charge >= 0.3 is 6.09 Å². The Kier molecular flexibility index (Phi) is 5.48. The Labute approximate surface area is 128 Å². The van der Waals surface area contributed by atoms with Gasteiger partial charge in [-0.05, 0) is 17.7 Å². The lowest BCUT2D eigenvalue weighted by atomic mass is 9.94. The second-order valence-corrected chi connectivity index (χ2v) is 4.97. The van der Waals surface area contributed by atoms with Crippen LogP contribution in [0.4, 0.5) is 10.5 Å². The van der Waals surface area contributed by atoms with Gasteiger partial charge in [0, 0.05) is 25.1 Å². The van der Waals surface area contributed by atoms with Crippen LogP contribution in [-0.4, -0.2) is 38.0 Å². The third kappa shape index (κ3) is 4.29. The number of nitrogens with one attached hydrogen (secondary N) is 2. The molecule has 22 heavy (non-hydrogen) atoms. The molecule has 1 heterocycles. The number of amides is 2. The highest BCUT2D eigenvalue weighted by Crippen LogP contribution is 2.18. The maximum atomic E-state index is 11.5. The molecule has 2 N–H and O–H groups in total. The Morgan fingerprint density at radius 3 is 2.73 bits per heavy atom. The van der Waals surface area contributed by atoms with Crippen molar-refractivity contribution in [1.29, 1.82) is 0 Å². The van der Waals surface area contributed by atoms with Gasteiger partial charge in [-0.3, -0.25) is 10.1 Å². The van der Waals surface area contributed by atoms with Crippen molar-refractivity contribution in [2.75, 3.05) is 25.6 Å². The van der Waals surface area contributed by atoms with Gasteiger partial charge in [0.05, 0.1) is 12.3 Å². The van der Waals surface area contributed by atoms with E-state index in [4.69, 9.17) is 9.47 Å². The van der Waals surface area contributed by atoms with Crippen LogP contribution in [0.1, 0.15) is 18.9 Å². The monoisotopic (exact) mass is 305 g/mol. The van der Waals surface area contributed by atoms with Gasteiger partial charge in [0.15, 0.2) is 0 Å². The minimum Gasteiger partial charge on any atom is -0.447 e. The van der Waals surface area contributed by atoms with Gasteiger partial charge in [0.1, 0.15) is 6.61 Å². The Hall–Kier alpha value is -2.41. The van der Waals surface area contributed by atoms with E-state index in [0.29, 0.717) is 18.7 Å². The zero-order chi connectivity index (χ0) is 15.9. The van der Waals surface area contributed by atoms with Crippen LogP contribution < -0.4 is 10.7 Å². The van der Waals surface area contributed by atoms with Gasteiger partial charge in [-0.2, -0.15) is 5.10 Å². The first-order valence-electron chi connectivity index (χ1n) is 6.99. The van der Waals surface area contributed by atoms with E-state index in [1.54, 1.807) is 12.1 Å². The molecule has 1 aromatic rings. The predicted molar refractivity (Wildman–Crippen MR) is 81.7 cm³/mol. The number of carbonyl (C=O) groups is 2. The van der Waals surface area contributed by atoms with Gasteiger partial charge in [0.2, 0.25) is 5.91 Å². The lowest BCUT2D eigenvalue weighted by Gasteiger charge is -2.19. The Morgan fingerprint density at radius 1 is 1.36 bits per heavy atom. The maximum absolute atomic E-state index is 11.5. The first-order chi connectivity index (χ1) is 10.6. The minimum absolute atomic E-state index is 0.0616. The highest BCUT2D eigenvalue weighted by molar-refractivity contribution is 6.06. The summed E-state index contributed by atoms with van der Waals surface area (Å²) in [5.41, 5.74) is 4.84. The molecular formula is C15H19N3O4. The summed E-state index contributed by atoms with van der Waals surface area (Å²) in [5, 5.41) is 6.72. The Balaban J connectivity index is 1.96. The highest BCUT2D eigenvalue weighted by Gasteiger charge is 2.21. The third-order valence-electron chi connectivity index (χ3n) is 3.21. The van der Waals surface area contributed by atoms with Crippen molar-refractivity contribution in [3.63, 3.8) is 0 Å². The standard InChI is InChI=1S/C15H19N3O4/c1-10-9-13(19)17-18-14(10)11-3-5-12(6-4-11)16-15(20)22-8-7-21-2/h3-6,10H,7-9H2,1-2H3,(H,16,20)(H,17,19). The highest BCUT2D eigenvalue weighted by atomic mass is 16.6. The Morgan fingerprint density at radius 2 is 2.09 bits per heavy atom. The van der Waals surface area contributed by atoms with Gasteiger partial charge in [0.25, 0.3) is 0 Å². The molecule has 2 amide bonds. The van der Waals surface area contributed by atoms with Crippen LogP contribution in [0.2, 0.25) is 0 Å². The van der Waals surface area contributed by atoms with Crippen LogP contribution >= 0.6 is 0 Å². The number of hydrazone groups is 1. The third-order valence-corrected chi connectivity index (χ3v) is 3.21. The molecule has 1 aromatic carbocycles. The fourth-order valence-corrected chi connectivity index (χ4v) is 2.10. The fourth-order valence-electron chi connectivity index (χ4n) is 2.10. The summed E-state index contributed by atoms with van der Waals surface area (Å²) in [6.07, 6.45) is -0.106. The lowest BCUT2D eigenvalue weighted by molar-refractivity contribution is -0.121. The number of methoxy groups -OCH3 is 1. The van der Waals surface area contributed by atoms with Gasteiger partial charge in [-0.15, -0.1) is 0 Å². The van der Waals surface area contributed by atoms with E-state index >= 15 is 0 Å². The molecule has 0 saturated carbocycles. The summed E-state index contributed by atoms with van der Waals surface area (Å²) in [4.78, 5) is 22.7. The van der Waals surface area contributed by atoms with Crippen molar-refractivity contribution in [2.24, 2.45) is 11.0 Å². The molecule has 7 heteroatoms. The van der Waals surface area contributed by atoms with E-state index in [9.17, 15) is 9.59 Å². The number of ether oxygens (including phenoxy) is 2. The zero-order valence-electron chi connectivity index (χ0n) is 12.6. The quantitative estimate of drug-likeness (QED) is 0.811. The van der Waals surface area contributed by atoms with E-state index in [0.717, 1.165) is 11.3 Å². The van der Waals surface area contributed by atoms with E-state index in [-0.39, 0.29) is 18.4 Å².